The van der Waals surface area contributed by atoms with Crippen molar-refractivity contribution in [1.29, 1.82) is 0 Å². The largest absolute Gasteiger partial charge is 0.495 e. The number of likely N-dealkylation sites (tertiary alicyclic amines) is 1. The predicted molar refractivity (Wildman–Crippen MR) is 95.8 cm³/mol. The Kier molecular flexibility index (Phi) is 4.19. The van der Waals surface area contributed by atoms with E-state index in [-0.39, 0.29) is 6.67 Å². The van der Waals surface area contributed by atoms with Crippen LogP contribution in [-0.4, -0.2) is 44.9 Å². The first-order valence-electron chi connectivity index (χ1n) is 9.41. The lowest BCUT2D eigenvalue weighted by molar-refractivity contribution is 0.00277. The van der Waals surface area contributed by atoms with Crippen LogP contribution in [-0.2, 0) is 11.8 Å². The lowest BCUT2D eigenvalue weighted by atomic mass is 9.52. The molecular formula is C20H29FN2O. The van der Waals surface area contributed by atoms with E-state index in [0.29, 0.717) is 18.0 Å². The number of hydrogen-bond donors (Lipinski definition) is 1. The van der Waals surface area contributed by atoms with Crippen LogP contribution in [0.1, 0.15) is 43.2 Å². The molecule has 1 aliphatic heterocycles. The van der Waals surface area contributed by atoms with Crippen LogP contribution in [0.3, 0.4) is 0 Å². The van der Waals surface area contributed by atoms with Crippen LogP contribution in [0.15, 0.2) is 12.1 Å². The number of ether oxygens (including phenoxy) is 1. The van der Waals surface area contributed by atoms with Gasteiger partial charge in [-0.05, 0) is 68.5 Å². The average Bonchev–Trinajstić information content (AvgIpc) is 2.62. The molecular weight excluding hydrogens is 303 g/mol. The second kappa shape index (κ2) is 6.21. The molecule has 0 radical (unpaired) electrons. The maximum atomic E-state index is 12.6. The van der Waals surface area contributed by atoms with E-state index in [9.17, 15) is 4.39 Å². The molecule has 3 atom stereocenters. The molecule has 1 saturated carbocycles. The van der Waals surface area contributed by atoms with Crippen LogP contribution in [0, 0.1) is 5.92 Å². The summed E-state index contributed by atoms with van der Waals surface area (Å²) in [4.78, 5) is 2.58. The number of methoxy groups -OCH3 is 1. The summed E-state index contributed by atoms with van der Waals surface area (Å²) in [6.45, 7) is 1.18. The number of anilines is 1. The number of fused-ring (bicyclic) bond motifs is 1. The summed E-state index contributed by atoms with van der Waals surface area (Å²) < 4.78 is 18.3. The molecule has 4 rings (SSSR count). The summed E-state index contributed by atoms with van der Waals surface area (Å²) in [6.07, 6.45) is 7.77. The van der Waals surface area contributed by atoms with E-state index in [4.69, 9.17) is 4.74 Å². The van der Waals surface area contributed by atoms with Crippen molar-refractivity contribution in [1.82, 2.24) is 4.90 Å². The van der Waals surface area contributed by atoms with Gasteiger partial charge in [0.05, 0.1) is 12.8 Å². The third kappa shape index (κ3) is 2.33. The maximum absolute atomic E-state index is 12.6. The lowest BCUT2D eigenvalue weighted by Crippen LogP contribution is -2.59. The highest BCUT2D eigenvalue weighted by Gasteiger charge is 2.53. The van der Waals surface area contributed by atoms with Gasteiger partial charge in [-0.15, -0.1) is 0 Å². The Bertz CT molecular complexity index is 620. The van der Waals surface area contributed by atoms with Crippen molar-refractivity contribution < 1.29 is 9.13 Å². The van der Waals surface area contributed by atoms with Crippen LogP contribution in [0.2, 0.25) is 0 Å². The fraction of sp³-hybridized carbons (Fsp3) is 0.700. The van der Waals surface area contributed by atoms with Crippen LogP contribution in [0.25, 0.3) is 0 Å². The normalized spacial score (nSPS) is 32.0. The zero-order chi connectivity index (χ0) is 16.7. The van der Waals surface area contributed by atoms with Gasteiger partial charge < -0.3 is 15.0 Å². The van der Waals surface area contributed by atoms with Gasteiger partial charge in [-0.1, -0.05) is 12.8 Å². The minimum atomic E-state index is -0.363. The van der Waals surface area contributed by atoms with Crippen molar-refractivity contribution in [2.45, 2.75) is 50.0 Å². The smallest absolute Gasteiger partial charge is 0.142 e. The summed E-state index contributed by atoms with van der Waals surface area (Å²) in [7, 11) is 4.01. The van der Waals surface area contributed by atoms with Crippen LogP contribution in [0.4, 0.5) is 10.1 Å². The first-order chi connectivity index (χ1) is 11.7. The van der Waals surface area contributed by atoms with Gasteiger partial charge in [-0.2, -0.15) is 0 Å². The van der Waals surface area contributed by atoms with E-state index in [0.717, 1.165) is 23.8 Å². The number of halogens is 1. The van der Waals surface area contributed by atoms with Gasteiger partial charge in [-0.25, -0.2) is 4.39 Å². The maximum Gasteiger partial charge on any atom is 0.142 e. The fourth-order valence-corrected chi connectivity index (χ4v) is 5.72. The molecule has 1 heterocycles. The first-order valence-corrected chi connectivity index (χ1v) is 9.41. The highest BCUT2D eigenvalue weighted by Crippen LogP contribution is 2.56. The number of likely N-dealkylation sites (N-methyl/N-ethyl adjacent to an activating group) is 1. The fourth-order valence-electron chi connectivity index (χ4n) is 5.72. The van der Waals surface area contributed by atoms with Gasteiger partial charge in [0.1, 0.15) is 12.4 Å². The van der Waals surface area contributed by atoms with E-state index >= 15 is 0 Å². The second-order valence-electron chi connectivity index (χ2n) is 7.84. The topological polar surface area (TPSA) is 24.5 Å². The molecule has 0 amide bonds. The molecule has 24 heavy (non-hydrogen) atoms. The number of nitrogens with one attached hydrogen (secondary N) is 1. The third-order valence-electron chi connectivity index (χ3n) is 6.84. The van der Waals surface area contributed by atoms with Crippen molar-refractivity contribution in [2.75, 3.05) is 39.2 Å². The van der Waals surface area contributed by atoms with E-state index in [1.807, 2.05) is 0 Å². The highest BCUT2D eigenvalue weighted by atomic mass is 19.1. The molecule has 2 bridgehead atoms. The minimum Gasteiger partial charge on any atom is -0.495 e. The number of rotatable bonds is 4. The summed E-state index contributed by atoms with van der Waals surface area (Å²) in [5.74, 6) is 1.66. The number of nitrogens with zero attached hydrogens (tertiary/aromatic N) is 1. The lowest BCUT2D eigenvalue weighted by Gasteiger charge is -2.58. The minimum absolute atomic E-state index is 0.340. The average molecular weight is 332 g/mol. The Hall–Kier alpha value is -1.29. The first kappa shape index (κ1) is 16.2. The van der Waals surface area contributed by atoms with Crippen molar-refractivity contribution in [3.05, 3.63) is 23.3 Å². The Morgan fingerprint density at radius 2 is 2.21 bits per heavy atom. The molecule has 0 spiro atoms. The van der Waals surface area contributed by atoms with Crippen LogP contribution in [0.5, 0.6) is 5.75 Å². The predicted octanol–water partition coefficient (Wildman–Crippen LogP) is 3.76. The van der Waals surface area contributed by atoms with Crippen molar-refractivity contribution in [2.24, 2.45) is 5.92 Å². The van der Waals surface area contributed by atoms with Crippen LogP contribution >= 0.6 is 0 Å². The Labute approximate surface area is 144 Å². The number of benzene rings is 1. The molecule has 0 unspecified atom stereocenters. The third-order valence-corrected chi connectivity index (χ3v) is 6.84. The molecule has 1 saturated heterocycles. The molecule has 3 nitrogen and oxygen atoms in total. The summed E-state index contributed by atoms with van der Waals surface area (Å²) in [5, 5.41) is 3.20. The zero-order valence-electron chi connectivity index (χ0n) is 14.9. The summed E-state index contributed by atoms with van der Waals surface area (Å²) in [6, 6.07) is 5.17. The molecule has 1 N–H and O–H groups in total. The highest BCUT2D eigenvalue weighted by molar-refractivity contribution is 5.62. The standard InChI is InChI=1S/C20H29FN2O/c1-23-10-7-20-6-4-3-5-15(20)18(23)12-14-11-17(22-9-8-21)19(24-2)13-16(14)20/h11,13,15,18,22H,3-10,12H2,1-2H3/t15-,18-,20-/m1/s1. The van der Waals surface area contributed by atoms with Gasteiger partial charge in [-0.3, -0.25) is 0 Å². The van der Waals surface area contributed by atoms with Gasteiger partial charge in [0.25, 0.3) is 0 Å². The van der Waals surface area contributed by atoms with Gasteiger partial charge in [0.15, 0.2) is 0 Å². The van der Waals surface area contributed by atoms with Crippen LogP contribution < -0.4 is 10.1 Å². The SMILES string of the molecule is COc1cc2c(cc1NCCF)C[C@@H]1[C@H]3CCCC[C@]23CCN1C. The molecule has 132 valence electrons. The van der Waals surface area contributed by atoms with E-state index in [1.165, 1.54) is 49.8 Å². The Balaban J connectivity index is 1.81. The van der Waals surface area contributed by atoms with Gasteiger partial charge in [0, 0.05) is 18.0 Å². The number of alkyl halides is 1. The number of piperidine rings is 1. The van der Waals surface area contributed by atoms with Gasteiger partial charge in [0.2, 0.25) is 0 Å². The zero-order valence-corrected chi connectivity index (χ0v) is 14.9. The molecule has 0 aromatic heterocycles. The molecule has 2 fully saturated rings. The Morgan fingerprint density at radius 3 is 3.00 bits per heavy atom. The van der Waals surface area contributed by atoms with Crippen molar-refractivity contribution >= 4 is 5.69 Å². The quantitative estimate of drug-likeness (QED) is 0.908. The molecule has 1 aromatic carbocycles. The summed E-state index contributed by atoms with van der Waals surface area (Å²) >= 11 is 0. The molecule has 1 aromatic rings. The van der Waals surface area contributed by atoms with Crippen molar-refractivity contribution in [3.63, 3.8) is 0 Å². The molecule has 2 aliphatic carbocycles. The molecule has 4 heteroatoms. The van der Waals surface area contributed by atoms with E-state index in [1.54, 1.807) is 7.11 Å². The van der Waals surface area contributed by atoms with E-state index < -0.39 is 0 Å². The van der Waals surface area contributed by atoms with Crippen molar-refractivity contribution in [3.8, 4) is 5.75 Å². The monoisotopic (exact) mass is 332 g/mol. The Morgan fingerprint density at radius 1 is 1.33 bits per heavy atom. The summed E-state index contributed by atoms with van der Waals surface area (Å²) in [5.41, 5.74) is 4.26. The van der Waals surface area contributed by atoms with Gasteiger partial charge >= 0.3 is 0 Å². The molecule has 3 aliphatic rings. The number of hydrogen-bond acceptors (Lipinski definition) is 3. The second-order valence-corrected chi connectivity index (χ2v) is 7.84. The van der Waals surface area contributed by atoms with E-state index in [2.05, 4.69) is 29.4 Å².